The molecule has 1 unspecified atom stereocenters. The molecule has 2 aliphatic rings. The van der Waals surface area contributed by atoms with Gasteiger partial charge in [0.1, 0.15) is 6.33 Å². The zero-order valence-corrected chi connectivity index (χ0v) is 13.6. The molecule has 2 saturated heterocycles. The largest absolute Gasteiger partial charge is 0.379 e. The Hall–Kier alpha value is -1.50. The van der Waals surface area contributed by atoms with E-state index in [0.29, 0.717) is 6.04 Å². The third kappa shape index (κ3) is 3.54. The summed E-state index contributed by atoms with van der Waals surface area (Å²) in [5, 5.41) is 4.17. The van der Waals surface area contributed by atoms with Crippen LogP contribution in [0.15, 0.2) is 24.7 Å². The Bertz CT molecular complexity index is 637. The van der Waals surface area contributed by atoms with Crippen molar-refractivity contribution in [3.05, 3.63) is 30.2 Å². The zero-order valence-electron chi connectivity index (χ0n) is 13.6. The van der Waals surface area contributed by atoms with Crippen LogP contribution in [0.3, 0.4) is 0 Å². The summed E-state index contributed by atoms with van der Waals surface area (Å²) in [6, 6.07) is 4.99. The van der Waals surface area contributed by atoms with Crippen LogP contribution in [0, 0.1) is 0 Å². The lowest BCUT2D eigenvalue weighted by Gasteiger charge is -2.39. The van der Waals surface area contributed by atoms with Crippen molar-refractivity contribution in [1.82, 2.24) is 24.4 Å². The topological polar surface area (TPSA) is 45.9 Å². The van der Waals surface area contributed by atoms with E-state index in [0.717, 1.165) is 38.5 Å². The maximum Gasteiger partial charge on any atom is 0.155 e. The van der Waals surface area contributed by atoms with E-state index in [1.807, 2.05) is 10.7 Å². The SMILES string of the molecule is c1nc2cc(CN3CCCCC3CN3CCOCC3)ccn2n1. The van der Waals surface area contributed by atoms with E-state index >= 15 is 0 Å². The fourth-order valence-corrected chi connectivity index (χ4v) is 3.75. The average molecular weight is 315 g/mol. The van der Waals surface area contributed by atoms with Crippen molar-refractivity contribution in [2.75, 3.05) is 39.4 Å². The molecule has 6 nitrogen and oxygen atoms in total. The molecule has 2 fully saturated rings. The highest BCUT2D eigenvalue weighted by atomic mass is 16.5. The molecule has 6 heteroatoms. The number of hydrogen-bond acceptors (Lipinski definition) is 5. The number of piperidine rings is 1. The summed E-state index contributed by atoms with van der Waals surface area (Å²) in [7, 11) is 0. The van der Waals surface area contributed by atoms with Crippen molar-refractivity contribution in [2.45, 2.75) is 31.8 Å². The number of morpholine rings is 1. The summed E-state index contributed by atoms with van der Waals surface area (Å²) in [4.78, 5) is 9.51. The first kappa shape index (κ1) is 15.1. The number of likely N-dealkylation sites (tertiary alicyclic amines) is 1. The Labute approximate surface area is 137 Å². The number of nitrogens with zero attached hydrogens (tertiary/aromatic N) is 5. The Kier molecular flexibility index (Phi) is 4.55. The van der Waals surface area contributed by atoms with E-state index < -0.39 is 0 Å². The van der Waals surface area contributed by atoms with Crippen molar-refractivity contribution in [2.24, 2.45) is 0 Å². The van der Waals surface area contributed by atoms with E-state index in [2.05, 4.69) is 32.0 Å². The maximum absolute atomic E-state index is 5.47. The van der Waals surface area contributed by atoms with E-state index in [4.69, 9.17) is 4.74 Å². The van der Waals surface area contributed by atoms with E-state index in [1.165, 1.54) is 37.9 Å². The molecule has 0 saturated carbocycles. The van der Waals surface area contributed by atoms with Gasteiger partial charge in [0, 0.05) is 38.4 Å². The first-order valence-corrected chi connectivity index (χ1v) is 8.71. The smallest absolute Gasteiger partial charge is 0.155 e. The number of ether oxygens (including phenoxy) is 1. The van der Waals surface area contributed by atoms with Gasteiger partial charge in [0.2, 0.25) is 0 Å². The van der Waals surface area contributed by atoms with Crippen LogP contribution < -0.4 is 0 Å². The summed E-state index contributed by atoms with van der Waals surface area (Å²) < 4.78 is 7.30. The molecule has 0 aromatic carbocycles. The first-order valence-electron chi connectivity index (χ1n) is 8.71. The molecule has 0 radical (unpaired) electrons. The second-order valence-corrected chi connectivity index (χ2v) is 6.63. The third-order valence-electron chi connectivity index (χ3n) is 5.05. The summed E-state index contributed by atoms with van der Waals surface area (Å²) in [5.74, 6) is 0. The minimum Gasteiger partial charge on any atom is -0.379 e. The predicted octanol–water partition coefficient (Wildman–Crippen LogP) is 1.42. The monoisotopic (exact) mass is 315 g/mol. The zero-order chi connectivity index (χ0) is 15.5. The number of hydrogen-bond donors (Lipinski definition) is 0. The first-order chi connectivity index (χ1) is 11.4. The highest BCUT2D eigenvalue weighted by Crippen LogP contribution is 2.21. The van der Waals surface area contributed by atoms with Gasteiger partial charge in [-0.25, -0.2) is 9.50 Å². The molecule has 2 aromatic heterocycles. The Morgan fingerprint density at radius 2 is 2.09 bits per heavy atom. The Balaban J connectivity index is 1.43. The number of pyridine rings is 1. The van der Waals surface area contributed by atoms with Crippen molar-refractivity contribution in [3.63, 3.8) is 0 Å². The van der Waals surface area contributed by atoms with Crippen LogP contribution in [0.1, 0.15) is 24.8 Å². The van der Waals surface area contributed by atoms with Crippen LogP contribution in [0.2, 0.25) is 0 Å². The second kappa shape index (κ2) is 6.95. The highest BCUT2D eigenvalue weighted by molar-refractivity contribution is 5.39. The highest BCUT2D eigenvalue weighted by Gasteiger charge is 2.25. The molecule has 0 amide bonds. The Morgan fingerprint density at radius 1 is 1.17 bits per heavy atom. The minimum atomic E-state index is 0.663. The van der Waals surface area contributed by atoms with Crippen molar-refractivity contribution in [1.29, 1.82) is 0 Å². The van der Waals surface area contributed by atoms with Crippen molar-refractivity contribution < 1.29 is 4.74 Å². The molecule has 0 bridgehead atoms. The Morgan fingerprint density at radius 3 is 3.00 bits per heavy atom. The molecule has 0 spiro atoms. The lowest BCUT2D eigenvalue weighted by molar-refractivity contribution is 0.0153. The van der Waals surface area contributed by atoms with E-state index in [9.17, 15) is 0 Å². The van der Waals surface area contributed by atoms with Crippen molar-refractivity contribution >= 4 is 5.65 Å². The lowest BCUT2D eigenvalue weighted by Crippen LogP contribution is -2.49. The van der Waals surface area contributed by atoms with Crippen molar-refractivity contribution in [3.8, 4) is 0 Å². The van der Waals surface area contributed by atoms with Crippen LogP contribution in [0.4, 0.5) is 0 Å². The van der Waals surface area contributed by atoms with Crippen LogP contribution in [-0.2, 0) is 11.3 Å². The maximum atomic E-state index is 5.47. The van der Waals surface area contributed by atoms with Gasteiger partial charge in [-0.15, -0.1) is 0 Å². The lowest BCUT2D eigenvalue weighted by atomic mass is 10.0. The molecule has 23 heavy (non-hydrogen) atoms. The van der Waals surface area contributed by atoms with Gasteiger partial charge in [-0.1, -0.05) is 6.42 Å². The predicted molar refractivity (Wildman–Crippen MR) is 88.3 cm³/mol. The standard InChI is InChI=1S/C17H25N5O/c1-2-5-21(16(3-1)13-20-7-9-23-10-8-20)12-15-4-6-22-17(11-15)18-14-19-22/h4,6,11,14,16H,1-3,5,7-10,12-13H2. The molecule has 2 aromatic rings. The number of fused-ring (bicyclic) bond motifs is 1. The van der Waals surface area contributed by atoms with Crippen LogP contribution in [0.5, 0.6) is 0 Å². The van der Waals surface area contributed by atoms with Gasteiger partial charge in [-0.3, -0.25) is 9.80 Å². The normalized spacial score (nSPS) is 24.3. The quantitative estimate of drug-likeness (QED) is 0.854. The van der Waals surface area contributed by atoms with Crippen LogP contribution in [-0.4, -0.2) is 69.8 Å². The van der Waals surface area contributed by atoms with Gasteiger partial charge < -0.3 is 4.74 Å². The second-order valence-electron chi connectivity index (χ2n) is 6.63. The van der Waals surface area contributed by atoms with Gasteiger partial charge in [0.05, 0.1) is 13.2 Å². The molecule has 0 N–H and O–H groups in total. The molecular weight excluding hydrogens is 290 g/mol. The fraction of sp³-hybridized carbons (Fsp3) is 0.647. The van der Waals surface area contributed by atoms with Crippen LogP contribution in [0.25, 0.3) is 5.65 Å². The van der Waals surface area contributed by atoms with Gasteiger partial charge in [-0.2, -0.15) is 5.10 Å². The summed E-state index contributed by atoms with van der Waals surface area (Å²) in [6.45, 7) is 7.32. The summed E-state index contributed by atoms with van der Waals surface area (Å²) in [6.07, 6.45) is 7.60. The van der Waals surface area contributed by atoms with Gasteiger partial charge in [-0.05, 0) is 37.1 Å². The van der Waals surface area contributed by atoms with Gasteiger partial charge in [0.25, 0.3) is 0 Å². The summed E-state index contributed by atoms with van der Waals surface area (Å²) in [5.41, 5.74) is 2.27. The fourth-order valence-electron chi connectivity index (χ4n) is 3.75. The van der Waals surface area contributed by atoms with Gasteiger partial charge in [0.15, 0.2) is 5.65 Å². The molecule has 4 heterocycles. The minimum absolute atomic E-state index is 0.663. The third-order valence-corrected chi connectivity index (χ3v) is 5.05. The number of rotatable bonds is 4. The molecule has 0 aliphatic carbocycles. The molecule has 4 rings (SSSR count). The van der Waals surface area contributed by atoms with E-state index in [-0.39, 0.29) is 0 Å². The summed E-state index contributed by atoms with van der Waals surface area (Å²) >= 11 is 0. The van der Waals surface area contributed by atoms with Crippen LogP contribution >= 0.6 is 0 Å². The van der Waals surface area contributed by atoms with E-state index in [1.54, 1.807) is 6.33 Å². The number of aromatic nitrogens is 3. The molecule has 124 valence electrons. The molecular formula is C17H25N5O. The van der Waals surface area contributed by atoms with Gasteiger partial charge >= 0.3 is 0 Å². The average Bonchev–Trinajstić information content (AvgIpc) is 3.05. The molecule has 2 aliphatic heterocycles. The molecule has 1 atom stereocenters.